The molecule has 1 aliphatic rings. The summed E-state index contributed by atoms with van der Waals surface area (Å²) < 4.78 is 11.1. The molecule has 0 unspecified atom stereocenters. The minimum absolute atomic E-state index is 0.0193. The van der Waals surface area contributed by atoms with Gasteiger partial charge in [-0.25, -0.2) is 0 Å². The molecule has 7 nitrogen and oxygen atoms in total. The zero-order valence-corrected chi connectivity index (χ0v) is 15.7. The van der Waals surface area contributed by atoms with Gasteiger partial charge in [0.25, 0.3) is 5.91 Å². The van der Waals surface area contributed by atoms with Gasteiger partial charge in [0.05, 0.1) is 24.1 Å². The molecule has 0 spiro atoms. The lowest BCUT2D eigenvalue weighted by Crippen LogP contribution is -2.28. The maximum Gasteiger partial charge on any atom is 0.255 e. The lowest BCUT2D eigenvalue weighted by atomic mass is 10.1. The molecule has 7 heteroatoms. The van der Waals surface area contributed by atoms with Crippen LogP contribution in [-0.4, -0.2) is 46.2 Å². The van der Waals surface area contributed by atoms with E-state index in [1.165, 1.54) is 0 Å². The van der Waals surface area contributed by atoms with Crippen LogP contribution in [0, 0.1) is 0 Å². The lowest BCUT2D eigenvalue weighted by molar-refractivity contribution is 0.0790. The minimum atomic E-state index is 0.0193. The van der Waals surface area contributed by atoms with Crippen molar-refractivity contribution >= 4 is 5.91 Å². The highest BCUT2D eigenvalue weighted by atomic mass is 16.5. The minimum Gasteiger partial charge on any atom is -0.493 e. The number of nitrogens with zero attached hydrogens (tertiary/aromatic N) is 3. The van der Waals surface area contributed by atoms with Crippen LogP contribution in [0.1, 0.15) is 34.1 Å². The average molecular weight is 378 g/mol. The normalized spacial score (nSPS) is 16.2. The second-order valence-electron chi connectivity index (χ2n) is 6.74. The molecule has 28 heavy (non-hydrogen) atoms. The number of ether oxygens (including phenoxy) is 2. The molecule has 4 rings (SSSR count). The number of amides is 1. The summed E-state index contributed by atoms with van der Waals surface area (Å²) in [4.78, 5) is 18.5. The number of benzene rings is 1. The van der Waals surface area contributed by atoms with Crippen LogP contribution in [0.15, 0.2) is 54.9 Å². The fourth-order valence-electron chi connectivity index (χ4n) is 3.41. The molecular weight excluding hydrogens is 356 g/mol. The topological polar surface area (TPSA) is 80.3 Å². The van der Waals surface area contributed by atoms with Gasteiger partial charge in [-0.1, -0.05) is 12.1 Å². The number of aromatic nitrogens is 3. The first-order valence-corrected chi connectivity index (χ1v) is 9.24. The van der Waals surface area contributed by atoms with Gasteiger partial charge in [0, 0.05) is 31.4 Å². The van der Waals surface area contributed by atoms with Crippen molar-refractivity contribution in [3.8, 4) is 11.5 Å². The second kappa shape index (κ2) is 8.12. The molecule has 3 heterocycles. The Morgan fingerprint density at radius 1 is 1.25 bits per heavy atom. The summed E-state index contributed by atoms with van der Waals surface area (Å²) in [5.41, 5.74) is 2.47. The molecule has 1 aromatic carbocycles. The van der Waals surface area contributed by atoms with Crippen molar-refractivity contribution in [1.82, 2.24) is 20.1 Å². The van der Waals surface area contributed by atoms with Gasteiger partial charge in [-0.2, -0.15) is 5.10 Å². The first-order valence-electron chi connectivity index (χ1n) is 9.24. The Hall–Kier alpha value is -3.35. The van der Waals surface area contributed by atoms with E-state index in [4.69, 9.17) is 9.47 Å². The van der Waals surface area contributed by atoms with Crippen LogP contribution in [0.3, 0.4) is 0 Å². The molecular formula is C21H22N4O3. The summed E-state index contributed by atoms with van der Waals surface area (Å²) in [6.45, 7) is 1.75. The van der Waals surface area contributed by atoms with E-state index in [0.717, 1.165) is 24.4 Å². The molecule has 144 valence electrons. The van der Waals surface area contributed by atoms with E-state index in [0.29, 0.717) is 30.2 Å². The van der Waals surface area contributed by atoms with Crippen LogP contribution < -0.4 is 9.47 Å². The van der Waals surface area contributed by atoms with Gasteiger partial charge in [0.15, 0.2) is 11.5 Å². The van der Waals surface area contributed by atoms with Crippen molar-refractivity contribution in [2.24, 2.45) is 0 Å². The summed E-state index contributed by atoms with van der Waals surface area (Å²) in [5.74, 6) is 1.63. The van der Waals surface area contributed by atoms with Crippen LogP contribution >= 0.6 is 0 Å². The highest BCUT2D eigenvalue weighted by molar-refractivity contribution is 5.94. The standard InChI is InChI=1S/C21H22N4O3/c1-27-19-6-2-3-7-20(19)28-14-17-11-18(24-23-17)16-8-10-25(13-16)21(26)15-5-4-9-22-12-15/h2-7,9,11-12,16H,8,10,13-14H2,1H3,(H,23,24)/t16-/m0/s1. The van der Waals surface area contributed by atoms with Crippen LogP contribution in [-0.2, 0) is 6.61 Å². The highest BCUT2D eigenvalue weighted by Gasteiger charge is 2.29. The monoisotopic (exact) mass is 378 g/mol. The molecule has 1 N–H and O–H groups in total. The van der Waals surface area contributed by atoms with E-state index < -0.39 is 0 Å². The van der Waals surface area contributed by atoms with Gasteiger partial charge >= 0.3 is 0 Å². The Balaban J connectivity index is 1.36. The third-order valence-electron chi connectivity index (χ3n) is 4.91. The van der Waals surface area contributed by atoms with E-state index in [2.05, 4.69) is 15.2 Å². The van der Waals surface area contributed by atoms with Gasteiger partial charge in [0.1, 0.15) is 6.61 Å². The Labute approximate surface area is 163 Å². The van der Waals surface area contributed by atoms with Crippen molar-refractivity contribution in [2.75, 3.05) is 20.2 Å². The van der Waals surface area contributed by atoms with E-state index in [1.54, 1.807) is 31.6 Å². The number of H-pyrrole nitrogens is 1. The SMILES string of the molecule is COc1ccccc1OCc1cc([C@H]2CCN(C(=O)c3cccnc3)C2)n[nH]1. The van der Waals surface area contributed by atoms with Crippen LogP contribution in [0.4, 0.5) is 0 Å². The number of nitrogens with one attached hydrogen (secondary N) is 1. The predicted molar refractivity (Wildman–Crippen MR) is 103 cm³/mol. The van der Waals surface area contributed by atoms with Crippen molar-refractivity contribution in [1.29, 1.82) is 0 Å². The zero-order valence-electron chi connectivity index (χ0n) is 15.7. The molecule has 0 aliphatic carbocycles. The number of pyridine rings is 1. The summed E-state index contributed by atoms with van der Waals surface area (Å²) in [7, 11) is 1.62. The quantitative estimate of drug-likeness (QED) is 0.713. The van der Waals surface area contributed by atoms with Gasteiger partial charge in [-0.15, -0.1) is 0 Å². The molecule has 1 atom stereocenters. The maximum absolute atomic E-state index is 12.6. The molecule has 1 amide bonds. The third kappa shape index (κ3) is 3.83. The average Bonchev–Trinajstić information content (AvgIpc) is 3.42. The summed E-state index contributed by atoms with van der Waals surface area (Å²) in [5, 5.41) is 7.47. The predicted octanol–water partition coefficient (Wildman–Crippen LogP) is 3.02. The fraction of sp³-hybridized carbons (Fsp3) is 0.286. The molecule has 1 fully saturated rings. The van der Waals surface area contributed by atoms with E-state index in [1.807, 2.05) is 35.2 Å². The Bertz CT molecular complexity index is 942. The molecule has 1 aliphatic heterocycles. The number of hydrogen-bond acceptors (Lipinski definition) is 5. The van der Waals surface area contributed by atoms with Crippen LogP contribution in [0.25, 0.3) is 0 Å². The third-order valence-corrected chi connectivity index (χ3v) is 4.91. The second-order valence-corrected chi connectivity index (χ2v) is 6.74. The number of rotatable bonds is 6. The Morgan fingerprint density at radius 2 is 2.11 bits per heavy atom. The number of carbonyl (C=O) groups is 1. The van der Waals surface area contributed by atoms with Gasteiger partial charge in [-0.05, 0) is 36.8 Å². The molecule has 3 aromatic rings. The number of aromatic amines is 1. The molecule has 0 saturated carbocycles. The van der Waals surface area contributed by atoms with E-state index in [9.17, 15) is 4.79 Å². The molecule has 0 bridgehead atoms. The number of likely N-dealkylation sites (tertiary alicyclic amines) is 1. The molecule has 0 radical (unpaired) electrons. The number of carbonyl (C=O) groups excluding carboxylic acids is 1. The summed E-state index contributed by atoms with van der Waals surface area (Å²) in [6, 6.07) is 13.1. The Morgan fingerprint density at radius 3 is 2.89 bits per heavy atom. The Kier molecular flexibility index (Phi) is 5.23. The van der Waals surface area contributed by atoms with Gasteiger partial charge in [0.2, 0.25) is 0 Å². The van der Waals surface area contributed by atoms with E-state index >= 15 is 0 Å². The highest BCUT2D eigenvalue weighted by Crippen LogP contribution is 2.29. The van der Waals surface area contributed by atoms with Crippen molar-refractivity contribution in [3.05, 3.63) is 71.8 Å². The van der Waals surface area contributed by atoms with Crippen molar-refractivity contribution in [3.63, 3.8) is 0 Å². The summed E-state index contributed by atoms with van der Waals surface area (Å²) in [6.07, 6.45) is 4.17. The lowest BCUT2D eigenvalue weighted by Gasteiger charge is -2.15. The van der Waals surface area contributed by atoms with Gasteiger partial charge in [-0.3, -0.25) is 14.9 Å². The van der Waals surface area contributed by atoms with E-state index in [-0.39, 0.29) is 11.8 Å². The molecule has 2 aromatic heterocycles. The number of hydrogen-bond donors (Lipinski definition) is 1. The number of para-hydroxylation sites is 2. The van der Waals surface area contributed by atoms with Crippen molar-refractivity contribution < 1.29 is 14.3 Å². The van der Waals surface area contributed by atoms with Crippen LogP contribution in [0.5, 0.6) is 11.5 Å². The van der Waals surface area contributed by atoms with Crippen molar-refractivity contribution in [2.45, 2.75) is 18.9 Å². The maximum atomic E-state index is 12.6. The fourth-order valence-corrected chi connectivity index (χ4v) is 3.41. The smallest absolute Gasteiger partial charge is 0.255 e. The molecule has 1 saturated heterocycles. The first kappa shape index (κ1) is 18.0. The summed E-state index contributed by atoms with van der Waals surface area (Å²) >= 11 is 0. The van der Waals surface area contributed by atoms with Gasteiger partial charge < -0.3 is 14.4 Å². The largest absolute Gasteiger partial charge is 0.493 e. The zero-order chi connectivity index (χ0) is 19.3. The number of methoxy groups -OCH3 is 1. The van der Waals surface area contributed by atoms with Crippen LogP contribution in [0.2, 0.25) is 0 Å². The first-order chi connectivity index (χ1) is 13.7.